The minimum Gasteiger partial charge on any atom is -0.478 e. The average molecular weight is 269 g/mol. The summed E-state index contributed by atoms with van der Waals surface area (Å²) in [5.74, 6) is -0.639. The van der Waals surface area contributed by atoms with Gasteiger partial charge in [-0.25, -0.2) is 13.2 Å². The van der Waals surface area contributed by atoms with Gasteiger partial charge >= 0.3 is 5.97 Å². The van der Waals surface area contributed by atoms with Crippen LogP contribution in [0.5, 0.6) is 0 Å². The summed E-state index contributed by atoms with van der Waals surface area (Å²) in [6.45, 7) is 1.42. The zero-order chi connectivity index (χ0) is 13.2. The number of benzene rings is 1. The number of carboxylic acid groups (broad SMARTS) is 1. The quantitative estimate of drug-likeness (QED) is 0.870. The van der Waals surface area contributed by atoms with Crippen LogP contribution < -0.4 is 0 Å². The highest BCUT2D eigenvalue weighted by atomic mass is 32.2. The van der Waals surface area contributed by atoms with Gasteiger partial charge < -0.3 is 5.11 Å². The second-order valence-corrected chi connectivity index (χ2v) is 6.69. The summed E-state index contributed by atoms with van der Waals surface area (Å²) in [5.41, 5.74) is 1.01. The van der Waals surface area contributed by atoms with Crippen molar-refractivity contribution >= 4 is 15.8 Å². The number of carboxylic acids is 1. The first-order valence-electron chi connectivity index (χ1n) is 5.72. The molecule has 0 aromatic heterocycles. The van der Waals surface area contributed by atoms with E-state index in [1.807, 2.05) is 4.90 Å². The van der Waals surface area contributed by atoms with Crippen LogP contribution in [0.1, 0.15) is 15.9 Å². The van der Waals surface area contributed by atoms with E-state index in [9.17, 15) is 13.2 Å². The van der Waals surface area contributed by atoms with Crippen molar-refractivity contribution in [3.05, 3.63) is 35.4 Å². The van der Waals surface area contributed by atoms with Gasteiger partial charge in [-0.1, -0.05) is 18.2 Å². The summed E-state index contributed by atoms with van der Waals surface area (Å²) in [7, 11) is -2.89. The van der Waals surface area contributed by atoms with Crippen LogP contribution in [0.25, 0.3) is 0 Å². The Bertz CT molecular complexity index is 539. The van der Waals surface area contributed by atoms with Crippen molar-refractivity contribution in [2.24, 2.45) is 0 Å². The smallest absolute Gasteiger partial charge is 0.336 e. The normalized spacial score (nSPS) is 19.6. The van der Waals surface area contributed by atoms with Crippen LogP contribution in [-0.2, 0) is 16.4 Å². The molecule has 1 aliphatic heterocycles. The molecule has 1 aliphatic rings. The average Bonchev–Trinajstić information content (AvgIpc) is 2.32. The van der Waals surface area contributed by atoms with Crippen LogP contribution >= 0.6 is 0 Å². The zero-order valence-corrected chi connectivity index (χ0v) is 10.7. The maximum atomic E-state index is 11.3. The fourth-order valence-electron chi connectivity index (χ4n) is 2.02. The van der Waals surface area contributed by atoms with Gasteiger partial charge in [0.05, 0.1) is 17.1 Å². The lowest BCUT2D eigenvalue weighted by atomic mass is 10.1. The summed E-state index contributed by atoms with van der Waals surface area (Å²) in [5, 5.41) is 9.06. The molecule has 2 rings (SSSR count). The molecule has 6 heteroatoms. The summed E-state index contributed by atoms with van der Waals surface area (Å²) >= 11 is 0. The fourth-order valence-corrected chi connectivity index (χ4v) is 3.29. The van der Waals surface area contributed by atoms with Crippen LogP contribution in [0, 0.1) is 0 Å². The van der Waals surface area contributed by atoms with Gasteiger partial charge in [-0.05, 0) is 11.6 Å². The van der Waals surface area contributed by atoms with Crippen molar-refractivity contribution in [3.8, 4) is 0 Å². The molecule has 1 aromatic rings. The maximum absolute atomic E-state index is 11.3. The third kappa shape index (κ3) is 3.08. The van der Waals surface area contributed by atoms with E-state index in [-0.39, 0.29) is 17.1 Å². The maximum Gasteiger partial charge on any atom is 0.336 e. The van der Waals surface area contributed by atoms with Gasteiger partial charge in [-0.3, -0.25) is 4.90 Å². The molecular formula is C12H15NO4S. The van der Waals surface area contributed by atoms with Gasteiger partial charge in [0.1, 0.15) is 0 Å². The number of nitrogens with zero attached hydrogens (tertiary/aromatic N) is 1. The molecule has 18 heavy (non-hydrogen) atoms. The lowest BCUT2D eigenvalue weighted by Gasteiger charge is -2.26. The molecule has 1 N–H and O–H groups in total. The standard InChI is InChI=1S/C12H15NO4S/c14-12(15)11-4-2-1-3-10(11)9-13-5-7-18(16,17)8-6-13/h1-4H,5-9H2,(H,14,15). The Morgan fingerprint density at radius 2 is 1.83 bits per heavy atom. The molecule has 1 saturated heterocycles. The predicted octanol–water partition coefficient (Wildman–Crippen LogP) is 0.615. The molecule has 5 nitrogen and oxygen atoms in total. The van der Waals surface area contributed by atoms with E-state index in [2.05, 4.69) is 0 Å². The Morgan fingerprint density at radius 1 is 1.22 bits per heavy atom. The monoisotopic (exact) mass is 269 g/mol. The van der Waals surface area contributed by atoms with Gasteiger partial charge in [-0.2, -0.15) is 0 Å². The molecule has 0 aliphatic carbocycles. The number of sulfone groups is 1. The molecule has 1 heterocycles. The van der Waals surface area contributed by atoms with Gasteiger partial charge in [0.15, 0.2) is 9.84 Å². The molecule has 0 saturated carbocycles. The second-order valence-electron chi connectivity index (χ2n) is 4.39. The number of hydrogen-bond donors (Lipinski definition) is 1. The van der Waals surface area contributed by atoms with E-state index in [0.29, 0.717) is 19.6 Å². The van der Waals surface area contributed by atoms with Crippen LogP contribution in [-0.4, -0.2) is 49.0 Å². The van der Waals surface area contributed by atoms with Crippen LogP contribution in [0.4, 0.5) is 0 Å². The van der Waals surface area contributed by atoms with Crippen LogP contribution in [0.2, 0.25) is 0 Å². The highest BCUT2D eigenvalue weighted by molar-refractivity contribution is 7.91. The Balaban J connectivity index is 2.09. The van der Waals surface area contributed by atoms with E-state index in [1.54, 1.807) is 24.3 Å². The van der Waals surface area contributed by atoms with Crippen LogP contribution in [0.15, 0.2) is 24.3 Å². The van der Waals surface area contributed by atoms with Crippen molar-refractivity contribution in [2.45, 2.75) is 6.54 Å². The van der Waals surface area contributed by atoms with Gasteiger partial charge in [-0.15, -0.1) is 0 Å². The molecular weight excluding hydrogens is 254 g/mol. The Labute approximate surface area is 106 Å². The molecule has 0 atom stereocenters. The molecule has 0 spiro atoms. The fraction of sp³-hybridized carbons (Fsp3) is 0.417. The number of carbonyl (C=O) groups is 1. The van der Waals surface area contributed by atoms with E-state index in [0.717, 1.165) is 5.56 Å². The number of hydrogen-bond acceptors (Lipinski definition) is 4. The number of rotatable bonds is 3. The van der Waals surface area contributed by atoms with Crippen LogP contribution in [0.3, 0.4) is 0 Å². The Hall–Kier alpha value is -1.40. The second kappa shape index (κ2) is 5.07. The van der Waals surface area contributed by atoms with Gasteiger partial charge in [0.2, 0.25) is 0 Å². The highest BCUT2D eigenvalue weighted by Crippen LogP contribution is 2.14. The zero-order valence-electron chi connectivity index (χ0n) is 9.87. The minimum absolute atomic E-state index is 0.155. The summed E-state index contributed by atoms with van der Waals surface area (Å²) < 4.78 is 22.6. The van der Waals surface area contributed by atoms with Crippen molar-refractivity contribution in [1.82, 2.24) is 4.90 Å². The molecule has 0 radical (unpaired) electrons. The minimum atomic E-state index is -2.89. The van der Waals surface area contributed by atoms with Crippen molar-refractivity contribution < 1.29 is 18.3 Å². The Morgan fingerprint density at radius 3 is 2.44 bits per heavy atom. The molecule has 0 amide bonds. The SMILES string of the molecule is O=C(O)c1ccccc1CN1CCS(=O)(=O)CC1. The van der Waals surface area contributed by atoms with Crippen molar-refractivity contribution in [1.29, 1.82) is 0 Å². The lowest BCUT2D eigenvalue weighted by Crippen LogP contribution is -2.39. The topological polar surface area (TPSA) is 74.7 Å². The summed E-state index contributed by atoms with van der Waals surface area (Å²) in [4.78, 5) is 13.0. The van der Waals surface area contributed by atoms with Gasteiger partial charge in [0, 0.05) is 19.6 Å². The molecule has 0 unspecified atom stereocenters. The summed E-state index contributed by atoms with van der Waals surface area (Å²) in [6, 6.07) is 6.82. The van der Waals surface area contributed by atoms with E-state index >= 15 is 0 Å². The molecule has 98 valence electrons. The first-order chi connectivity index (χ1) is 8.48. The third-order valence-electron chi connectivity index (χ3n) is 3.08. The van der Waals surface area contributed by atoms with E-state index < -0.39 is 15.8 Å². The molecule has 1 fully saturated rings. The lowest BCUT2D eigenvalue weighted by molar-refractivity contribution is 0.0694. The molecule has 0 bridgehead atoms. The van der Waals surface area contributed by atoms with Crippen molar-refractivity contribution in [2.75, 3.05) is 24.6 Å². The van der Waals surface area contributed by atoms with Gasteiger partial charge in [0.25, 0.3) is 0 Å². The first-order valence-corrected chi connectivity index (χ1v) is 7.54. The van der Waals surface area contributed by atoms with E-state index in [4.69, 9.17) is 5.11 Å². The summed E-state index contributed by atoms with van der Waals surface area (Å²) in [6.07, 6.45) is 0. The largest absolute Gasteiger partial charge is 0.478 e. The molecule has 1 aromatic carbocycles. The Kier molecular flexibility index (Phi) is 3.68. The first kappa shape index (κ1) is 13.0. The van der Waals surface area contributed by atoms with E-state index in [1.165, 1.54) is 0 Å². The highest BCUT2D eigenvalue weighted by Gasteiger charge is 2.22. The van der Waals surface area contributed by atoms with Crippen molar-refractivity contribution in [3.63, 3.8) is 0 Å². The number of aromatic carboxylic acids is 1. The third-order valence-corrected chi connectivity index (χ3v) is 4.69. The predicted molar refractivity (Wildman–Crippen MR) is 67.3 cm³/mol.